The topological polar surface area (TPSA) is 0 Å². The van der Waals surface area contributed by atoms with Crippen LogP contribution in [0.4, 0.5) is 0 Å². The van der Waals surface area contributed by atoms with E-state index in [0.717, 1.165) is 0 Å². The van der Waals surface area contributed by atoms with Crippen molar-refractivity contribution in [1.82, 2.24) is 0 Å². The van der Waals surface area contributed by atoms with Gasteiger partial charge in [-0.05, 0) is 34.9 Å². The summed E-state index contributed by atoms with van der Waals surface area (Å²) in [6.07, 6.45) is 3.71. The van der Waals surface area contributed by atoms with Crippen LogP contribution in [0.2, 0.25) is 0 Å². The van der Waals surface area contributed by atoms with Crippen molar-refractivity contribution in [3.63, 3.8) is 0 Å². The van der Waals surface area contributed by atoms with E-state index in [1.165, 1.54) is 19.3 Å². The van der Waals surface area contributed by atoms with Gasteiger partial charge in [0.2, 0.25) is 0 Å². The maximum Gasteiger partial charge on any atom is -0.0216 e. The van der Waals surface area contributed by atoms with Crippen molar-refractivity contribution >= 4 is 0 Å². The summed E-state index contributed by atoms with van der Waals surface area (Å²) < 4.78 is 0. The zero-order valence-electron chi connectivity index (χ0n) is 15.5. The first-order valence-electron chi connectivity index (χ1n) is 8.61. The molecule has 0 aliphatic rings. The van der Waals surface area contributed by atoms with Crippen molar-refractivity contribution in [2.45, 2.75) is 93.4 Å². The number of hydrogen-bond donors (Lipinski definition) is 0. The predicted octanol–water partition coefficient (Wildman–Crippen LogP) is 7.33. The highest BCUT2D eigenvalue weighted by Gasteiger charge is 2.12. The van der Waals surface area contributed by atoms with Crippen LogP contribution < -0.4 is 0 Å². The van der Waals surface area contributed by atoms with Crippen molar-refractivity contribution in [3.05, 3.63) is 34.9 Å². The van der Waals surface area contributed by atoms with E-state index in [2.05, 4.69) is 66.7 Å². The molecule has 0 heteroatoms. The van der Waals surface area contributed by atoms with E-state index >= 15 is 0 Å². The fourth-order valence-corrected chi connectivity index (χ4v) is 2.24. The molecule has 0 aromatic heterocycles. The summed E-state index contributed by atoms with van der Waals surface area (Å²) in [6, 6.07) is 6.80. The van der Waals surface area contributed by atoms with Crippen LogP contribution >= 0.6 is 0 Å². The quantitative estimate of drug-likeness (QED) is 0.541. The van der Waals surface area contributed by atoms with Gasteiger partial charge in [-0.2, -0.15) is 0 Å². The molecule has 0 saturated heterocycles. The lowest BCUT2D eigenvalue weighted by atomic mass is 9.87. The van der Waals surface area contributed by atoms with Crippen molar-refractivity contribution in [1.29, 1.82) is 0 Å². The molecule has 0 unspecified atom stereocenters. The summed E-state index contributed by atoms with van der Waals surface area (Å²) in [7, 11) is 0. The van der Waals surface area contributed by atoms with Gasteiger partial charge in [-0.15, -0.1) is 0 Å². The molecule has 0 bridgehead atoms. The Bertz CT molecular complexity index is 295. The minimum Gasteiger partial charge on any atom is -0.0683 e. The maximum absolute atomic E-state index is 2.29. The monoisotopic (exact) mass is 278 g/mol. The third-order valence-corrected chi connectivity index (χ3v) is 2.99. The smallest absolute Gasteiger partial charge is 0.0216 e. The Morgan fingerprint density at radius 1 is 0.800 bits per heavy atom. The first kappa shape index (κ1) is 21.5. The first-order valence-corrected chi connectivity index (χ1v) is 8.61. The molecule has 0 fully saturated rings. The summed E-state index contributed by atoms with van der Waals surface area (Å²) in [5, 5.41) is 0. The van der Waals surface area contributed by atoms with E-state index in [1.54, 1.807) is 16.7 Å². The fourth-order valence-electron chi connectivity index (χ4n) is 2.24. The second kappa shape index (κ2) is 13.2. The molecule has 1 aromatic rings. The van der Waals surface area contributed by atoms with E-state index in [9.17, 15) is 0 Å². The van der Waals surface area contributed by atoms with Gasteiger partial charge in [-0.1, -0.05) is 93.4 Å². The van der Waals surface area contributed by atoms with Gasteiger partial charge in [0, 0.05) is 0 Å². The van der Waals surface area contributed by atoms with Crippen LogP contribution in [0.5, 0.6) is 0 Å². The highest BCUT2D eigenvalue weighted by molar-refractivity contribution is 5.39. The van der Waals surface area contributed by atoms with E-state index in [-0.39, 0.29) is 0 Å². The van der Waals surface area contributed by atoms with Gasteiger partial charge < -0.3 is 0 Å². The van der Waals surface area contributed by atoms with E-state index in [0.29, 0.717) is 11.8 Å². The zero-order valence-corrected chi connectivity index (χ0v) is 15.5. The van der Waals surface area contributed by atoms with Gasteiger partial charge >= 0.3 is 0 Å². The van der Waals surface area contributed by atoms with Gasteiger partial charge in [-0.3, -0.25) is 0 Å². The number of rotatable bonds is 4. The molecule has 118 valence electrons. The lowest BCUT2D eigenvalue weighted by molar-refractivity contribution is 0.777. The largest absolute Gasteiger partial charge is 0.0683 e. The fraction of sp³-hybridized carbons (Fsp3) is 0.700. The molecule has 0 heterocycles. The standard InChI is InChI=1S/C15H24.C3H8.C2H6/c1-6-8-15-13(11(2)3)9-7-10-14(15)12(4)5;1-3-2;1-2/h7,9-12H,6,8H2,1-5H3;3H2,1-2H3;1-2H3. The van der Waals surface area contributed by atoms with Gasteiger partial charge in [0.25, 0.3) is 0 Å². The average Bonchev–Trinajstić information content (AvgIpc) is 2.42. The minimum absolute atomic E-state index is 0.644. The van der Waals surface area contributed by atoms with Gasteiger partial charge in [-0.25, -0.2) is 0 Å². The molecular formula is C20H38. The normalized spacial score (nSPS) is 9.75. The summed E-state index contributed by atoms with van der Waals surface area (Å²) >= 11 is 0. The third kappa shape index (κ3) is 7.72. The molecule has 0 atom stereocenters. The molecule has 20 heavy (non-hydrogen) atoms. The molecular weight excluding hydrogens is 240 g/mol. The van der Waals surface area contributed by atoms with Gasteiger partial charge in [0.15, 0.2) is 0 Å². The number of benzene rings is 1. The molecule has 1 rings (SSSR count). The molecule has 0 nitrogen and oxygen atoms in total. The Labute approximate surface area is 129 Å². The van der Waals surface area contributed by atoms with Crippen LogP contribution in [0, 0.1) is 0 Å². The zero-order chi connectivity index (χ0) is 16.1. The molecule has 0 aliphatic heterocycles. The first-order chi connectivity index (χ1) is 9.49. The van der Waals surface area contributed by atoms with E-state index < -0.39 is 0 Å². The Balaban J connectivity index is 0. The second-order valence-corrected chi connectivity index (χ2v) is 5.68. The molecule has 0 amide bonds. The van der Waals surface area contributed by atoms with Crippen molar-refractivity contribution in [2.75, 3.05) is 0 Å². The molecule has 1 aromatic carbocycles. The predicted molar refractivity (Wildman–Crippen MR) is 95.9 cm³/mol. The van der Waals surface area contributed by atoms with Crippen LogP contribution in [0.15, 0.2) is 18.2 Å². The van der Waals surface area contributed by atoms with E-state index in [4.69, 9.17) is 0 Å². The second-order valence-electron chi connectivity index (χ2n) is 5.68. The van der Waals surface area contributed by atoms with Crippen molar-refractivity contribution in [2.24, 2.45) is 0 Å². The van der Waals surface area contributed by atoms with Gasteiger partial charge in [0.05, 0.1) is 0 Å². The Morgan fingerprint density at radius 3 is 1.40 bits per heavy atom. The lowest BCUT2D eigenvalue weighted by Crippen LogP contribution is -2.03. The minimum atomic E-state index is 0.644. The van der Waals surface area contributed by atoms with Crippen LogP contribution in [-0.2, 0) is 6.42 Å². The number of hydrogen-bond acceptors (Lipinski definition) is 0. The summed E-state index contributed by atoms with van der Waals surface area (Å²) in [5.41, 5.74) is 4.69. The maximum atomic E-state index is 2.29. The van der Waals surface area contributed by atoms with Crippen molar-refractivity contribution < 1.29 is 0 Å². The van der Waals surface area contributed by atoms with Crippen LogP contribution in [0.25, 0.3) is 0 Å². The molecule has 0 aliphatic carbocycles. The third-order valence-electron chi connectivity index (χ3n) is 2.99. The van der Waals surface area contributed by atoms with E-state index in [1.807, 2.05) is 13.8 Å². The summed E-state index contributed by atoms with van der Waals surface area (Å²) in [6.45, 7) is 19.7. The summed E-state index contributed by atoms with van der Waals surface area (Å²) in [5.74, 6) is 1.29. The Hall–Kier alpha value is -0.780. The average molecular weight is 279 g/mol. The van der Waals surface area contributed by atoms with Gasteiger partial charge in [0.1, 0.15) is 0 Å². The molecule has 0 N–H and O–H groups in total. The molecule has 0 saturated carbocycles. The van der Waals surface area contributed by atoms with Crippen LogP contribution in [-0.4, -0.2) is 0 Å². The van der Waals surface area contributed by atoms with Crippen molar-refractivity contribution in [3.8, 4) is 0 Å². The highest BCUT2D eigenvalue weighted by atomic mass is 14.2. The lowest BCUT2D eigenvalue weighted by Gasteiger charge is -2.19. The van der Waals surface area contributed by atoms with Crippen LogP contribution in [0.3, 0.4) is 0 Å². The summed E-state index contributed by atoms with van der Waals surface area (Å²) in [4.78, 5) is 0. The SMILES string of the molecule is CC.CCC.CCCc1c(C(C)C)cccc1C(C)C. The highest BCUT2D eigenvalue weighted by Crippen LogP contribution is 2.28. The molecule has 0 radical (unpaired) electrons. The van der Waals surface area contributed by atoms with Crippen LogP contribution in [0.1, 0.15) is 104 Å². The Morgan fingerprint density at radius 2 is 1.15 bits per heavy atom. The molecule has 0 spiro atoms. The Kier molecular flexibility index (Phi) is 14.2.